The number of unbranched alkanes of at least 4 members (excludes halogenated alkanes) is 28. The van der Waals surface area contributed by atoms with Crippen LogP contribution < -0.4 is 0 Å². The minimum Gasteiger partial charge on any atom is -0.462 e. The highest BCUT2D eigenvalue weighted by atomic mass is 16.6. The molecule has 0 aliphatic heterocycles. The van der Waals surface area contributed by atoms with Crippen LogP contribution in [0.5, 0.6) is 0 Å². The molecule has 0 saturated heterocycles. The van der Waals surface area contributed by atoms with Gasteiger partial charge in [-0.3, -0.25) is 14.4 Å². The normalized spacial score (nSPS) is 12.6. The molecule has 0 amide bonds. The lowest BCUT2D eigenvalue weighted by Gasteiger charge is -2.18. The minimum absolute atomic E-state index is 0.0838. The van der Waals surface area contributed by atoms with Gasteiger partial charge in [0.2, 0.25) is 0 Å². The second-order valence-electron chi connectivity index (χ2n) is 18.8. The molecular formula is C61H106O6. The molecule has 0 bridgehead atoms. The Morgan fingerprint density at radius 1 is 0.313 bits per heavy atom. The third-order valence-electron chi connectivity index (χ3n) is 12.2. The summed E-state index contributed by atoms with van der Waals surface area (Å²) in [5.41, 5.74) is 0. The lowest BCUT2D eigenvalue weighted by molar-refractivity contribution is -0.167. The van der Waals surface area contributed by atoms with Crippen molar-refractivity contribution in [3.05, 3.63) is 72.9 Å². The van der Waals surface area contributed by atoms with Crippen LogP contribution in [0.4, 0.5) is 0 Å². The Labute approximate surface area is 414 Å². The van der Waals surface area contributed by atoms with Gasteiger partial charge in [0.15, 0.2) is 6.10 Å². The van der Waals surface area contributed by atoms with E-state index in [1.807, 2.05) is 0 Å². The monoisotopic (exact) mass is 935 g/mol. The predicted molar refractivity (Wildman–Crippen MR) is 288 cm³/mol. The largest absolute Gasteiger partial charge is 0.462 e. The van der Waals surface area contributed by atoms with Gasteiger partial charge < -0.3 is 14.2 Å². The maximum absolute atomic E-state index is 12.8. The van der Waals surface area contributed by atoms with Crippen LogP contribution in [0, 0.1) is 0 Å². The predicted octanol–water partition coefficient (Wildman–Crippen LogP) is 19.0. The fourth-order valence-corrected chi connectivity index (χ4v) is 7.89. The van der Waals surface area contributed by atoms with Gasteiger partial charge in [0, 0.05) is 19.3 Å². The number of hydrogen-bond acceptors (Lipinski definition) is 6. The molecule has 0 aromatic heterocycles. The van der Waals surface area contributed by atoms with Crippen molar-refractivity contribution in [2.75, 3.05) is 13.2 Å². The van der Waals surface area contributed by atoms with Gasteiger partial charge in [-0.15, -0.1) is 0 Å². The second-order valence-corrected chi connectivity index (χ2v) is 18.8. The average molecular weight is 936 g/mol. The molecule has 0 heterocycles. The average Bonchev–Trinajstić information content (AvgIpc) is 3.33. The van der Waals surface area contributed by atoms with Crippen LogP contribution in [0.3, 0.4) is 0 Å². The van der Waals surface area contributed by atoms with E-state index in [1.54, 1.807) is 0 Å². The SMILES string of the molecule is CC/C=C\C/C=C\C/C=C\CCCCCCCCCC(=O)OC(COC(=O)CCCCCCC/C=C\CCCCCC)COC(=O)CCCCCCCCCCC/C=C\C/C=C\CCCCC. The Morgan fingerprint density at radius 2 is 0.582 bits per heavy atom. The molecule has 0 spiro atoms. The maximum Gasteiger partial charge on any atom is 0.306 e. The molecule has 0 aromatic carbocycles. The fourth-order valence-electron chi connectivity index (χ4n) is 7.89. The van der Waals surface area contributed by atoms with Crippen molar-refractivity contribution < 1.29 is 28.6 Å². The first-order valence-corrected chi connectivity index (χ1v) is 28.4. The molecule has 0 fully saturated rings. The van der Waals surface area contributed by atoms with E-state index in [0.717, 1.165) is 96.3 Å². The van der Waals surface area contributed by atoms with Gasteiger partial charge in [-0.1, -0.05) is 222 Å². The third-order valence-corrected chi connectivity index (χ3v) is 12.2. The minimum atomic E-state index is -0.786. The summed E-state index contributed by atoms with van der Waals surface area (Å²) in [7, 11) is 0. The highest BCUT2D eigenvalue weighted by molar-refractivity contribution is 5.71. The van der Waals surface area contributed by atoms with E-state index < -0.39 is 6.10 Å². The summed E-state index contributed by atoms with van der Waals surface area (Å²) >= 11 is 0. The van der Waals surface area contributed by atoms with E-state index in [4.69, 9.17) is 14.2 Å². The van der Waals surface area contributed by atoms with Crippen molar-refractivity contribution in [1.29, 1.82) is 0 Å². The van der Waals surface area contributed by atoms with Crippen molar-refractivity contribution in [2.45, 2.75) is 284 Å². The zero-order valence-corrected chi connectivity index (χ0v) is 44.2. The van der Waals surface area contributed by atoms with Crippen molar-refractivity contribution in [1.82, 2.24) is 0 Å². The van der Waals surface area contributed by atoms with Gasteiger partial charge in [0.1, 0.15) is 13.2 Å². The molecule has 1 atom stereocenters. The topological polar surface area (TPSA) is 78.9 Å². The first-order chi connectivity index (χ1) is 33.0. The summed E-state index contributed by atoms with van der Waals surface area (Å²) in [6, 6.07) is 0. The van der Waals surface area contributed by atoms with E-state index in [9.17, 15) is 14.4 Å². The molecular weight excluding hydrogens is 829 g/mol. The van der Waals surface area contributed by atoms with Gasteiger partial charge in [0.25, 0.3) is 0 Å². The highest BCUT2D eigenvalue weighted by Crippen LogP contribution is 2.15. The summed E-state index contributed by atoms with van der Waals surface area (Å²) in [5.74, 6) is -0.899. The Kier molecular flexibility index (Phi) is 52.8. The first-order valence-electron chi connectivity index (χ1n) is 28.4. The number of carbonyl (C=O) groups is 3. The van der Waals surface area contributed by atoms with Gasteiger partial charge in [-0.05, 0) is 109 Å². The van der Waals surface area contributed by atoms with Crippen LogP contribution in [0.25, 0.3) is 0 Å². The molecule has 386 valence electrons. The highest BCUT2D eigenvalue weighted by Gasteiger charge is 2.19. The molecule has 0 saturated carbocycles. The lowest BCUT2D eigenvalue weighted by atomic mass is 10.1. The van der Waals surface area contributed by atoms with Crippen LogP contribution in [0.1, 0.15) is 278 Å². The van der Waals surface area contributed by atoms with E-state index in [0.29, 0.717) is 19.3 Å². The zero-order chi connectivity index (χ0) is 48.6. The van der Waals surface area contributed by atoms with Crippen LogP contribution in [-0.4, -0.2) is 37.2 Å². The van der Waals surface area contributed by atoms with Crippen molar-refractivity contribution in [3.8, 4) is 0 Å². The van der Waals surface area contributed by atoms with E-state index in [-0.39, 0.29) is 31.1 Å². The van der Waals surface area contributed by atoms with Crippen LogP contribution in [0.2, 0.25) is 0 Å². The Bertz CT molecular complexity index is 1260. The number of allylic oxidation sites excluding steroid dienone is 12. The quantitative estimate of drug-likeness (QED) is 0.0262. The number of esters is 3. The number of ether oxygens (including phenoxy) is 3. The summed E-state index contributed by atoms with van der Waals surface area (Å²) in [6.45, 7) is 6.49. The van der Waals surface area contributed by atoms with Crippen LogP contribution in [0.15, 0.2) is 72.9 Å². The number of rotatable bonds is 51. The van der Waals surface area contributed by atoms with Crippen molar-refractivity contribution in [2.24, 2.45) is 0 Å². The molecule has 0 rings (SSSR count). The number of carbonyl (C=O) groups excluding carboxylic acids is 3. The zero-order valence-electron chi connectivity index (χ0n) is 44.2. The standard InChI is InChI=1S/C61H106O6/c1-4-7-10-13-16-19-22-25-27-29-30-32-33-36-39-42-45-48-51-54-60(63)66-57-58(56-65-59(62)53-50-47-44-41-38-35-24-21-18-15-12-9-6-3)67-61(64)55-52-49-46-43-40-37-34-31-28-26-23-20-17-14-11-8-5-2/h8,11,16-17,19-21,24-28,58H,4-7,9-10,12-15,18,22-23,29-57H2,1-3H3/b11-8-,19-16-,20-17-,24-21-,27-25-,28-26-. The summed E-state index contributed by atoms with van der Waals surface area (Å²) in [6.07, 6.45) is 70.3. The van der Waals surface area contributed by atoms with Gasteiger partial charge in [-0.2, -0.15) is 0 Å². The molecule has 0 aromatic rings. The molecule has 0 N–H and O–H groups in total. The van der Waals surface area contributed by atoms with E-state index in [1.165, 1.54) is 141 Å². The molecule has 0 radical (unpaired) electrons. The Balaban J connectivity index is 4.38. The molecule has 0 aliphatic carbocycles. The molecule has 6 heteroatoms. The smallest absolute Gasteiger partial charge is 0.306 e. The molecule has 67 heavy (non-hydrogen) atoms. The molecule has 0 aliphatic rings. The van der Waals surface area contributed by atoms with Crippen molar-refractivity contribution >= 4 is 17.9 Å². The van der Waals surface area contributed by atoms with Crippen molar-refractivity contribution in [3.63, 3.8) is 0 Å². The van der Waals surface area contributed by atoms with Gasteiger partial charge in [-0.25, -0.2) is 0 Å². The van der Waals surface area contributed by atoms with Gasteiger partial charge >= 0.3 is 17.9 Å². The summed E-state index contributed by atoms with van der Waals surface area (Å²) in [4.78, 5) is 38.1. The van der Waals surface area contributed by atoms with Gasteiger partial charge in [0.05, 0.1) is 0 Å². The second kappa shape index (κ2) is 55.4. The lowest BCUT2D eigenvalue weighted by Crippen LogP contribution is -2.30. The number of hydrogen-bond donors (Lipinski definition) is 0. The van der Waals surface area contributed by atoms with Crippen LogP contribution >= 0.6 is 0 Å². The third kappa shape index (κ3) is 53.7. The van der Waals surface area contributed by atoms with Crippen LogP contribution in [-0.2, 0) is 28.6 Å². The fraction of sp³-hybridized carbons (Fsp3) is 0.754. The Hall–Kier alpha value is -3.15. The van der Waals surface area contributed by atoms with E-state index in [2.05, 4.69) is 93.7 Å². The maximum atomic E-state index is 12.8. The molecule has 1 unspecified atom stereocenters. The van der Waals surface area contributed by atoms with E-state index >= 15 is 0 Å². The summed E-state index contributed by atoms with van der Waals surface area (Å²) in [5, 5.41) is 0. The Morgan fingerprint density at radius 3 is 0.955 bits per heavy atom. The summed E-state index contributed by atoms with van der Waals surface area (Å²) < 4.78 is 16.8. The molecule has 6 nitrogen and oxygen atoms in total. The first kappa shape index (κ1) is 63.8.